The minimum atomic E-state index is 0.126. The molecule has 2 rings (SSSR count). The van der Waals surface area contributed by atoms with Crippen LogP contribution < -0.4 is 5.56 Å². The van der Waals surface area contributed by atoms with E-state index in [1.165, 1.54) is 25.9 Å². The Hall–Kier alpha value is -1.09. The van der Waals surface area contributed by atoms with E-state index < -0.39 is 0 Å². The van der Waals surface area contributed by atoms with Gasteiger partial charge in [0, 0.05) is 18.8 Å². The van der Waals surface area contributed by atoms with Crippen molar-refractivity contribution in [1.82, 2.24) is 9.47 Å². The quantitative estimate of drug-likeness (QED) is 0.771. The molecular weight excluding hydrogens is 200 g/mol. The van der Waals surface area contributed by atoms with Gasteiger partial charge in [0.2, 0.25) is 0 Å². The molecule has 0 aliphatic carbocycles. The van der Waals surface area contributed by atoms with E-state index in [9.17, 15) is 4.79 Å². The number of hydrogen-bond acceptors (Lipinski definition) is 2. The van der Waals surface area contributed by atoms with E-state index in [1.807, 2.05) is 23.8 Å². The van der Waals surface area contributed by atoms with E-state index in [4.69, 9.17) is 0 Å². The van der Waals surface area contributed by atoms with Crippen molar-refractivity contribution in [3.05, 3.63) is 34.2 Å². The molecule has 16 heavy (non-hydrogen) atoms. The van der Waals surface area contributed by atoms with Gasteiger partial charge in [0.25, 0.3) is 5.56 Å². The van der Waals surface area contributed by atoms with Gasteiger partial charge >= 0.3 is 0 Å². The van der Waals surface area contributed by atoms with E-state index in [0.717, 1.165) is 25.1 Å². The van der Waals surface area contributed by atoms with Crippen molar-refractivity contribution in [2.24, 2.45) is 0 Å². The van der Waals surface area contributed by atoms with Gasteiger partial charge in [0.15, 0.2) is 0 Å². The predicted molar refractivity (Wildman–Crippen MR) is 65.7 cm³/mol. The molecule has 0 amide bonds. The van der Waals surface area contributed by atoms with Gasteiger partial charge in [-0.15, -0.1) is 0 Å². The van der Waals surface area contributed by atoms with Gasteiger partial charge in [-0.05, 0) is 57.5 Å². The first-order valence-corrected chi connectivity index (χ1v) is 6.15. The van der Waals surface area contributed by atoms with Crippen LogP contribution in [0.2, 0.25) is 0 Å². The van der Waals surface area contributed by atoms with Crippen LogP contribution in [0.4, 0.5) is 0 Å². The number of aryl methyl sites for hydroxylation is 2. The lowest BCUT2D eigenvalue weighted by molar-refractivity contribution is 0.324. The third-order valence-corrected chi connectivity index (χ3v) is 3.22. The summed E-state index contributed by atoms with van der Waals surface area (Å²) in [6.07, 6.45) is 5.65. The molecule has 3 nitrogen and oxygen atoms in total. The van der Waals surface area contributed by atoms with Crippen LogP contribution in [0.15, 0.2) is 23.1 Å². The lowest BCUT2D eigenvalue weighted by Crippen LogP contribution is -2.24. The maximum absolute atomic E-state index is 11.6. The topological polar surface area (TPSA) is 25.2 Å². The zero-order valence-electron chi connectivity index (χ0n) is 9.98. The molecule has 0 radical (unpaired) electrons. The number of likely N-dealkylation sites (tertiary alicyclic amines) is 1. The maximum Gasteiger partial charge on any atom is 0.250 e. The van der Waals surface area contributed by atoms with Crippen molar-refractivity contribution in [3.63, 3.8) is 0 Å². The molecule has 0 aromatic carbocycles. The number of hydrogen-bond donors (Lipinski definition) is 0. The van der Waals surface area contributed by atoms with Crippen molar-refractivity contribution < 1.29 is 0 Å². The smallest absolute Gasteiger partial charge is 0.250 e. The van der Waals surface area contributed by atoms with Gasteiger partial charge in [-0.2, -0.15) is 0 Å². The summed E-state index contributed by atoms with van der Waals surface area (Å²) in [7, 11) is 0. The van der Waals surface area contributed by atoms with Crippen LogP contribution in [0.25, 0.3) is 0 Å². The van der Waals surface area contributed by atoms with Gasteiger partial charge in [-0.25, -0.2) is 0 Å². The summed E-state index contributed by atoms with van der Waals surface area (Å²) in [5, 5.41) is 0. The summed E-state index contributed by atoms with van der Waals surface area (Å²) in [5.41, 5.74) is 1.17. The van der Waals surface area contributed by atoms with Crippen LogP contribution in [0.1, 0.15) is 24.8 Å². The lowest BCUT2D eigenvalue weighted by Gasteiger charge is -2.14. The number of pyridine rings is 1. The fraction of sp³-hybridized carbons (Fsp3) is 0.615. The van der Waals surface area contributed by atoms with Gasteiger partial charge in [0.05, 0.1) is 0 Å². The summed E-state index contributed by atoms with van der Waals surface area (Å²) in [6.45, 7) is 6.40. The Balaban J connectivity index is 1.82. The molecule has 2 heterocycles. The minimum Gasteiger partial charge on any atom is -0.315 e. The third-order valence-electron chi connectivity index (χ3n) is 3.22. The second kappa shape index (κ2) is 5.30. The van der Waals surface area contributed by atoms with E-state index in [0.29, 0.717) is 0 Å². The summed E-state index contributed by atoms with van der Waals surface area (Å²) in [5.74, 6) is 0. The molecule has 0 N–H and O–H groups in total. The highest BCUT2D eigenvalue weighted by Crippen LogP contribution is 2.07. The molecule has 1 aliphatic heterocycles. The molecule has 88 valence electrons. The highest BCUT2D eigenvalue weighted by Gasteiger charge is 2.10. The van der Waals surface area contributed by atoms with Crippen molar-refractivity contribution in [2.45, 2.75) is 32.7 Å². The number of nitrogens with zero attached hydrogens (tertiary/aromatic N) is 2. The molecule has 0 spiro atoms. The Morgan fingerprint density at radius 3 is 2.69 bits per heavy atom. The fourth-order valence-corrected chi connectivity index (χ4v) is 2.26. The van der Waals surface area contributed by atoms with Gasteiger partial charge < -0.3 is 9.47 Å². The molecule has 0 atom stereocenters. The molecule has 0 bridgehead atoms. The first kappa shape index (κ1) is 11.4. The first-order chi connectivity index (χ1) is 7.75. The van der Waals surface area contributed by atoms with Crippen LogP contribution in [-0.4, -0.2) is 29.1 Å². The predicted octanol–water partition coefficient (Wildman–Crippen LogP) is 1.64. The fourth-order valence-electron chi connectivity index (χ4n) is 2.26. The van der Waals surface area contributed by atoms with Crippen LogP contribution in [0, 0.1) is 6.92 Å². The van der Waals surface area contributed by atoms with Gasteiger partial charge in [-0.3, -0.25) is 4.79 Å². The van der Waals surface area contributed by atoms with E-state index in [2.05, 4.69) is 4.90 Å². The normalized spacial score (nSPS) is 16.8. The molecular formula is C13H20N2O. The number of aromatic nitrogens is 1. The van der Waals surface area contributed by atoms with Crippen molar-refractivity contribution in [1.29, 1.82) is 0 Å². The zero-order chi connectivity index (χ0) is 11.4. The number of rotatable bonds is 4. The average Bonchev–Trinajstić information content (AvgIpc) is 2.74. The lowest BCUT2D eigenvalue weighted by atomic mass is 10.3. The molecule has 1 fully saturated rings. The molecule has 1 aromatic heterocycles. The van der Waals surface area contributed by atoms with Gasteiger partial charge in [0.1, 0.15) is 0 Å². The van der Waals surface area contributed by atoms with E-state index >= 15 is 0 Å². The van der Waals surface area contributed by atoms with Crippen molar-refractivity contribution >= 4 is 0 Å². The SMILES string of the molecule is Cc1ccn(CCCN2CCCC2)c(=O)c1. The molecule has 0 saturated carbocycles. The summed E-state index contributed by atoms with van der Waals surface area (Å²) >= 11 is 0. The van der Waals surface area contributed by atoms with Crippen molar-refractivity contribution in [2.75, 3.05) is 19.6 Å². The van der Waals surface area contributed by atoms with E-state index in [-0.39, 0.29) is 5.56 Å². The first-order valence-electron chi connectivity index (χ1n) is 6.15. The Morgan fingerprint density at radius 2 is 2.00 bits per heavy atom. The molecule has 1 aromatic rings. The molecule has 3 heteroatoms. The second-order valence-electron chi connectivity index (χ2n) is 4.64. The van der Waals surface area contributed by atoms with E-state index in [1.54, 1.807) is 6.07 Å². The van der Waals surface area contributed by atoms with Crippen molar-refractivity contribution in [3.8, 4) is 0 Å². The second-order valence-corrected chi connectivity index (χ2v) is 4.64. The largest absolute Gasteiger partial charge is 0.315 e. The molecule has 1 saturated heterocycles. The highest BCUT2D eigenvalue weighted by molar-refractivity contribution is 5.07. The monoisotopic (exact) mass is 220 g/mol. The Bertz CT molecular complexity index is 391. The minimum absolute atomic E-state index is 0.126. The van der Waals surface area contributed by atoms with Crippen LogP contribution >= 0.6 is 0 Å². The molecule has 1 aliphatic rings. The van der Waals surface area contributed by atoms with Crippen LogP contribution in [-0.2, 0) is 6.54 Å². The van der Waals surface area contributed by atoms with Crippen LogP contribution in [0.3, 0.4) is 0 Å². The molecule has 0 unspecified atom stereocenters. The Kier molecular flexibility index (Phi) is 3.78. The third kappa shape index (κ3) is 2.95. The maximum atomic E-state index is 11.6. The van der Waals surface area contributed by atoms with Gasteiger partial charge in [-0.1, -0.05) is 0 Å². The van der Waals surface area contributed by atoms with Crippen LogP contribution in [0.5, 0.6) is 0 Å². The standard InChI is InChI=1S/C13H20N2O/c1-12-5-10-15(13(16)11-12)9-4-8-14-6-2-3-7-14/h5,10-11H,2-4,6-9H2,1H3. The highest BCUT2D eigenvalue weighted by atomic mass is 16.1. The Labute approximate surface area is 96.7 Å². The Morgan fingerprint density at radius 1 is 1.25 bits per heavy atom. The summed E-state index contributed by atoms with van der Waals surface area (Å²) < 4.78 is 1.81. The average molecular weight is 220 g/mol. The summed E-state index contributed by atoms with van der Waals surface area (Å²) in [4.78, 5) is 14.1. The zero-order valence-corrected chi connectivity index (χ0v) is 9.98. The summed E-state index contributed by atoms with van der Waals surface area (Å²) in [6, 6.07) is 3.70.